The first-order valence-electron chi connectivity index (χ1n) is 6.34. The molecule has 0 saturated heterocycles. The molecule has 0 aromatic carbocycles. The SMILES string of the molecule is OC1=C(F)C=C(OCC2CCCCC2)CC=C1. The van der Waals surface area contributed by atoms with Gasteiger partial charge in [0.1, 0.15) is 5.76 Å². The summed E-state index contributed by atoms with van der Waals surface area (Å²) in [6.45, 7) is 0.674. The Kier molecular flexibility index (Phi) is 4.24. The van der Waals surface area contributed by atoms with Crippen molar-refractivity contribution >= 4 is 0 Å². The number of rotatable bonds is 3. The molecule has 2 rings (SSSR count). The summed E-state index contributed by atoms with van der Waals surface area (Å²) in [6.07, 6.45) is 11.2. The standard InChI is InChI=1S/C14H19FO2/c15-13-9-12(7-4-8-14(13)16)17-10-11-5-2-1-3-6-11/h4,8-9,11,16H,1-3,5-7,10H2. The van der Waals surface area contributed by atoms with Crippen LogP contribution in [-0.2, 0) is 4.74 Å². The van der Waals surface area contributed by atoms with Gasteiger partial charge in [0, 0.05) is 12.5 Å². The van der Waals surface area contributed by atoms with Crippen molar-refractivity contribution in [2.24, 2.45) is 5.92 Å². The molecule has 0 aliphatic heterocycles. The maximum atomic E-state index is 13.3. The average molecular weight is 238 g/mol. The summed E-state index contributed by atoms with van der Waals surface area (Å²) in [4.78, 5) is 0. The lowest BCUT2D eigenvalue weighted by molar-refractivity contribution is 0.138. The molecule has 17 heavy (non-hydrogen) atoms. The van der Waals surface area contributed by atoms with Crippen molar-refractivity contribution in [3.05, 3.63) is 35.6 Å². The van der Waals surface area contributed by atoms with Crippen LogP contribution in [0.1, 0.15) is 38.5 Å². The first kappa shape index (κ1) is 12.2. The Morgan fingerprint density at radius 2 is 2.06 bits per heavy atom. The summed E-state index contributed by atoms with van der Waals surface area (Å²) in [7, 11) is 0. The van der Waals surface area contributed by atoms with Crippen LogP contribution in [-0.4, -0.2) is 11.7 Å². The quantitative estimate of drug-likeness (QED) is 0.799. The van der Waals surface area contributed by atoms with Crippen LogP contribution in [0, 0.1) is 5.92 Å². The van der Waals surface area contributed by atoms with Crippen molar-refractivity contribution in [3.8, 4) is 0 Å². The number of halogens is 1. The van der Waals surface area contributed by atoms with Crippen LogP contribution >= 0.6 is 0 Å². The third-order valence-electron chi connectivity index (χ3n) is 3.36. The zero-order valence-corrected chi connectivity index (χ0v) is 9.99. The van der Waals surface area contributed by atoms with Crippen molar-refractivity contribution in [3.63, 3.8) is 0 Å². The third kappa shape index (κ3) is 3.62. The van der Waals surface area contributed by atoms with Crippen LogP contribution in [0.4, 0.5) is 4.39 Å². The van der Waals surface area contributed by atoms with E-state index in [9.17, 15) is 9.50 Å². The fourth-order valence-corrected chi connectivity index (χ4v) is 2.32. The predicted octanol–water partition coefficient (Wildman–Crippen LogP) is 4.17. The van der Waals surface area contributed by atoms with E-state index < -0.39 is 5.83 Å². The lowest BCUT2D eigenvalue weighted by Gasteiger charge is -2.22. The summed E-state index contributed by atoms with van der Waals surface area (Å²) in [6, 6.07) is 0. The number of hydrogen-bond donors (Lipinski definition) is 1. The van der Waals surface area contributed by atoms with Gasteiger partial charge in [-0.15, -0.1) is 0 Å². The molecule has 2 aliphatic carbocycles. The second-order valence-corrected chi connectivity index (χ2v) is 4.77. The van der Waals surface area contributed by atoms with Crippen LogP contribution in [0.3, 0.4) is 0 Å². The molecule has 0 radical (unpaired) electrons. The molecule has 1 N–H and O–H groups in total. The fourth-order valence-electron chi connectivity index (χ4n) is 2.32. The minimum absolute atomic E-state index is 0.318. The minimum Gasteiger partial charge on any atom is -0.505 e. The first-order valence-corrected chi connectivity index (χ1v) is 6.34. The van der Waals surface area contributed by atoms with E-state index in [0.717, 1.165) is 0 Å². The van der Waals surface area contributed by atoms with Crippen LogP contribution in [0.25, 0.3) is 0 Å². The second-order valence-electron chi connectivity index (χ2n) is 4.77. The van der Waals surface area contributed by atoms with Crippen molar-refractivity contribution in [1.82, 2.24) is 0 Å². The second kappa shape index (κ2) is 5.89. The van der Waals surface area contributed by atoms with Gasteiger partial charge in [-0.25, -0.2) is 4.39 Å². The molecule has 0 spiro atoms. The van der Waals surface area contributed by atoms with Gasteiger partial charge in [0.15, 0.2) is 11.6 Å². The molecule has 0 unspecified atom stereocenters. The highest BCUT2D eigenvalue weighted by Gasteiger charge is 2.15. The monoisotopic (exact) mass is 238 g/mol. The molecule has 0 aromatic rings. The van der Waals surface area contributed by atoms with E-state index in [-0.39, 0.29) is 5.76 Å². The van der Waals surface area contributed by atoms with Gasteiger partial charge >= 0.3 is 0 Å². The molecular formula is C14H19FO2. The smallest absolute Gasteiger partial charge is 0.168 e. The van der Waals surface area contributed by atoms with Crippen LogP contribution in [0.15, 0.2) is 35.6 Å². The Bertz CT molecular complexity index is 349. The molecular weight excluding hydrogens is 219 g/mol. The topological polar surface area (TPSA) is 29.5 Å². The molecule has 0 bridgehead atoms. The molecule has 1 fully saturated rings. The molecule has 1 saturated carbocycles. The predicted molar refractivity (Wildman–Crippen MR) is 65.1 cm³/mol. The molecule has 3 heteroatoms. The molecule has 94 valence electrons. The molecule has 2 nitrogen and oxygen atoms in total. The van der Waals surface area contributed by atoms with Gasteiger partial charge in [-0.2, -0.15) is 0 Å². The van der Waals surface area contributed by atoms with Gasteiger partial charge < -0.3 is 9.84 Å². The molecule has 0 atom stereocenters. The van der Waals surface area contributed by atoms with Crippen molar-refractivity contribution in [2.45, 2.75) is 38.5 Å². The highest BCUT2D eigenvalue weighted by molar-refractivity contribution is 5.29. The largest absolute Gasteiger partial charge is 0.505 e. The molecule has 0 aromatic heterocycles. The number of aliphatic hydroxyl groups is 1. The number of hydrogen-bond acceptors (Lipinski definition) is 2. The van der Waals surface area contributed by atoms with E-state index in [1.54, 1.807) is 6.08 Å². The summed E-state index contributed by atoms with van der Waals surface area (Å²) in [5.74, 6) is 0.282. The van der Waals surface area contributed by atoms with E-state index in [4.69, 9.17) is 4.74 Å². The van der Waals surface area contributed by atoms with E-state index in [1.165, 1.54) is 44.3 Å². The lowest BCUT2D eigenvalue weighted by atomic mass is 9.90. The van der Waals surface area contributed by atoms with Gasteiger partial charge in [-0.1, -0.05) is 25.3 Å². The maximum absolute atomic E-state index is 13.3. The highest BCUT2D eigenvalue weighted by Crippen LogP contribution is 2.25. The number of ether oxygens (including phenoxy) is 1. The summed E-state index contributed by atoms with van der Waals surface area (Å²) >= 11 is 0. The zero-order valence-electron chi connectivity index (χ0n) is 9.99. The van der Waals surface area contributed by atoms with Gasteiger partial charge in [-0.3, -0.25) is 0 Å². The van der Waals surface area contributed by atoms with E-state index in [0.29, 0.717) is 24.7 Å². The van der Waals surface area contributed by atoms with E-state index in [1.807, 2.05) is 0 Å². The number of allylic oxidation sites excluding steroid dienone is 4. The minimum atomic E-state index is -0.614. The Morgan fingerprint density at radius 1 is 1.29 bits per heavy atom. The molecule has 0 amide bonds. The third-order valence-corrected chi connectivity index (χ3v) is 3.36. The molecule has 2 aliphatic rings. The van der Waals surface area contributed by atoms with Crippen LogP contribution in [0.2, 0.25) is 0 Å². The normalized spacial score (nSPS) is 22.3. The van der Waals surface area contributed by atoms with Gasteiger partial charge in [-0.05, 0) is 24.8 Å². The summed E-state index contributed by atoms with van der Waals surface area (Å²) < 4.78 is 18.9. The number of aliphatic hydroxyl groups excluding tert-OH is 1. The summed E-state index contributed by atoms with van der Waals surface area (Å²) in [5.41, 5.74) is 0. The fraction of sp³-hybridized carbons (Fsp3) is 0.571. The van der Waals surface area contributed by atoms with Crippen molar-refractivity contribution in [2.75, 3.05) is 6.61 Å². The highest BCUT2D eigenvalue weighted by atomic mass is 19.1. The zero-order chi connectivity index (χ0) is 12.1. The van der Waals surface area contributed by atoms with Crippen molar-refractivity contribution in [1.29, 1.82) is 0 Å². The van der Waals surface area contributed by atoms with Crippen LogP contribution < -0.4 is 0 Å². The molecule has 0 heterocycles. The Balaban J connectivity index is 1.86. The van der Waals surface area contributed by atoms with Crippen LogP contribution in [0.5, 0.6) is 0 Å². The Labute approximate surface area is 101 Å². The van der Waals surface area contributed by atoms with E-state index in [2.05, 4.69) is 0 Å². The van der Waals surface area contributed by atoms with E-state index >= 15 is 0 Å². The maximum Gasteiger partial charge on any atom is 0.168 e. The lowest BCUT2D eigenvalue weighted by Crippen LogP contribution is -2.13. The van der Waals surface area contributed by atoms with Crippen molar-refractivity contribution < 1.29 is 14.2 Å². The Hall–Kier alpha value is -1.25. The average Bonchev–Trinajstić information content (AvgIpc) is 2.51. The van der Waals surface area contributed by atoms with Gasteiger partial charge in [0.05, 0.1) is 6.61 Å². The van der Waals surface area contributed by atoms with Gasteiger partial charge in [0.25, 0.3) is 0 Å². The first-order chi connectivity index (χ1) is 8.25. The summed E-state index contributed by atoms with van der Waals surface area (Å²) in [5, 5.41) is 9.21. The van der Waals surface area contributed by atoms with Gasteiger partial charge in [0.2, 0.25) is 0 Å². The Morgan fingerprint density at radius 3 is 2.82 bits per heavy atom.